The number of aryl methyl sites for hydroxylation is 1. The van der Waals surface area contributed by atoms with Crippen molar-refractivity contribution in [2.75, 3.05) is 24.5 Å². The highest BCUT2D eigenvalue weighted by Gasteiger charge is 2.41. The van der Waals surface area contributed by atoms with Crippen molar-refractivity contribution >= 4 is 11.9 Å². The van der Waals surface area contributed by atoms with E-state index in [0.717, 1.165) is 51.3 Å². The molecule has 2 saturated heterocycles. The molecule has 2 aliphatic rings. The van der Waals surface area contributed by atoms with Gasteiger partial charge in [-0.15, -0.1) is 0 Å². The summed E-state index contributed by atoms with van der Waals surface area (Å²) in [6, 6.07) is 0. The Morgan fingerprint density at radius 3 is 2.55 bits per heavy atom. The maximum atomic E-state index is 11.4. The van der Waals surface area contributed by atoms with E-state index < -0.39 is 0 Å². The number of nitrogens with zero attached hydrogens (tertiary/aromatic N) is 3. The lowest BCUT2D eigenvalue weighted by Crippen LogP contribution is -2.41. The van der Waals surface area contributed by atoms with Crippen LogP contribution in [0, 0.1) is 5.41 Å². The molecular formula is C15H22N4O. The lowest BCUT2D eigenvalue weighted by atomic mass is 9.78. The van der Waals surface area contributed by atoms with Gasteiger partial charge in [-0.25, -0.2) is 9.97 Å². The van der Waals surface area contributed by atoms with E-state index in [2.05, 4.69) is 27.1 Å². The maximum absolute atomic E-state index is 11.4. The molecule has 0 aliphatic carbocycles. The molecule has 20 heavy (non-hydrogen) atoms. The minimum Gasteiger partial charge on any atom is -0.356 e. The Morgan fingerprint density at radius 1 is 1.30 bits per heavy atom. The van der Waals surface area contributed by atoms with Crippen LogP contribution in [0.5, 0.6) is 0 Å². The SMILES string of the molecule is CCCc1cnc(N2CCC3(CC2)CNC(=O)C3)nc1. The first-order valence-electron chi connectivity index (χ1n) is 7.53. The fourth-order valence-corrected chi connectivity index (χ4v) is 3.22. The number of nitrogens with one attached hydrogen (secondary N) is 1. The van der Waals surface area contributed by atoms with Gasteiger partial charge in [-0.2, -0.15) is 0 Å². The van der Waals surface area contributed by atoms with E-state index in [1.54, 1.807) is 0 Å². The van der Waals surface area contributed by atoms with Gasteiger partial charge in [0, 0.05) is 38.4 Å². The van der Waals surface area contributed by atoms with Gasteiger partial charge in [0.25, 0.3) is 0 Å². The fraction of sp³-hybridized carbons (Fsp3) is 0.667. The first-order valence-corrected chi connectivity index (χ1v) is 7.53. The smallest absolute Gasteiger partial charge is 0.225 e. The molecule has 0 radical (unpaired) electrons. The van der Waals surface area contributed by atoms with Crippen LogP contribution in [0.1, 0.15) is 38.2 Å². The van der Waals surface area contributed by atoms with Crippen molar-refractivity contribution in [3.8, 4) is 0 Å². The Bertz CT molecular complexity index is 477. The summed E-state index contributed by atoms with van der Waals surface area (Å²) in [6.07, 6.45) is 8.83. The van der Waals surface area contributed by atoms with E-state index in [-0.39, 0.29) is 11.3 Å². The summed E-state index contributed by atoms with van der Waals surface area (Å²) >= 11 is 0. The van der Waals surface area contributed by atoms with E-state index in [9.17, 15) is 4.79 Å². The van der Waals surface area contributed by atoms with Crippen LogP contribution in [0.15, 0.2) is 12.4 Å². The largest absolute Gasteiger partial charge is 0.356 e. The lowest BCUT2D eigenvalue weighted by molar-refractivity contribution is -0.119. The summed E-state index contributed by atoms with van der Waals surface area (Å²) in [5.41, 5.74) is 1.39. The second-order valence-corrected chi connectivity index (χ2v) is 6.08. The van der Waals surface area contributed by atoms with E-state index in [0.29, 0.717) is 6.42 Å². The molecule has 1 spiro atoms. The van der Waals surface area contributed by atoms with E-state index in [1.165, 1.54) is 5.56 Å². The molecule has 1 aromatic rings. The molecule has 1 aromatic heterocycles. The van der Waals surface area contributed by atoms with Gasteiger partial charge in [0.05, 0.1) is 0 Å². The Kier molecular flexibility index (Phi) is 3.59. The first-order chi connectivity index (χ1) is 9.71. The standard InChI is InChI=1S/C15H22N4O/c1-2-3-12-9-16-14(17-10-12)19-6-4-15(5-7-19)8-13(20)18-11-15/h9-10H,2-8,11H2,1H3,(H,18,20). The van der Waals surface area contributed by atoms with Gasteiger partial charge >= 0.3 is 0 Å². The summed E-state index contributed by atoms with van der Waals surface area (Å²) in [5.74, 6) is 1.04. The molecule has 0 bridgehead atoms. The zero-order valence-corrected chi connectivity index (χ0v) is 12.1. The molecule has 0 saturated carbocycles. The Hall–Kier alpha value is -1.65. The molecule has 0 unspecified atom stereocenters. The molecule has 0 aromatic carbocycles. The highest BCUT2D eigenvalue weighted by molar-refractivity contribution is 5.79. The van der Waals surface area contributed by atoms with Crippen molar-refractivity contribution in [2.45, 2.75) is 39.0 Å². The van der Waals surface area contributed by atoms with Crippen molar-refractivity contribution < 1.29 is 4.79 Å². The first kappa shape index (κ1) is 13.3. The van der Waals surface area contributed by atoms with Crippen molar-refractivity contribution in [3.63, 3.8) is 0 Å². The zero-order chi connectivity index (χ0) is 14.0. The second-order valence-electron chi connectivity index (χ2n) is 6.08. The molecule has 2 aliphatic heterocycles. The Labute approximate surface area is 119 Å². The van der Waals surface area contributed by atoms with Gasteiger partial charge in [-0.1, -0.05) is 13.3 Å². The van der Waals surface area contributed by atoms with Crippen LogP contribution in [0.4, 0.5) is 5.95 Å². The number of rotatable bonds is 3. The summed E-state index contributed by atoms with van der Waals surface area (Å²) in [7, 11) is 0. The van der Waals surface area contributed by atoms with Crippen LogP contribution in [-0.2, 0) is 11.2 Å². The minimum absolute atomic E-state index is 0.190. The maximum Gasteiger partial charge on any atom is 0.225 e. The Balaban J connectivity index is 1.61. The molecule has 2 fully saturated rings. The van der Waals surface area contributed by atoms with E-state index >= 15 is 0 Å². The van der Waals surface area contributed by atoms with Crippen molar-refractivity contribution in [3.05, 3.63) is 18.0 Å². The van der Waals surface area contributed by atoms with Gasteiger partial charge < -0.3 is 10.2 Å². The van der Waals surface area contributed by atoms with Crippen molar-refractivity contribution in [1.82, 2.24) is 15.3 Å². The summed E-state index contributed by atoms with van der Waals surface area (Å²) in [4.78, 5) is 22.6. The summed E-state index contributed by atoms with van der Waals surface area (Å²) in [5, 5.41) is 2.97. The summed E-state index contributed by atoms with van der Waals surface area (Å²) in [6.45, 7) is 4.90. The third kappa shape index (κ3) is 2.62. The van der Waals surface area contributed by atoms with Crippen LogP contribution in [0.2, 0.25) is 0 Å². The highest BCUT2D eigenvalue weighted by atomic mass is 16.1. The number of hydrogen-bond acceptors (Lipinski definition) is 4. The molecule has 1 N–H and O–H groups in total. The molecular weight excluding hydrogens is 252 g/mol. The fourth-order valence-electron chi connectivity index (χ4n) is 3.22. The highest BCUT2D eigenvalue weighted by Crippen LogP contribution is 2.38. The van der Waals surface area contributed by atoms with Gasteiger partial charge in [-0.3, -0.25) is 4.79 Å². The average Bonchev–Trinajstić information content (AvgIpc) is 2.82. The third-order valence-electron chi connectivity index (χ3n) is 4.53. The topological polar surface area (TPSA) is 58.1 Å². The summed E-state index contributed by atoms with van der Waals surface area (Å²) < 4.78 is 0. The number of anilines is 1. The molecule has 5 heteroatoms. The van der Waals surface area contributed by atoms with Crippen LogP contribution in [0.25, 0.3) is 0 Å². The molecule has 3 heterocycles. The average molecular weight is 274 g/mol. The van der Waals surface area contributed by atoms with Gasteiger partial charge in [0.2, 0.25) is 11.9 Å². The van der Waals surface area contributed by atoms with Crippen LogP contribution < -0.4 is 10.2 Å². The number of aromatic nitrogens is 2. The van der Waals surface area contributed by atoms with Gasteiger partial charge in [0.15, 0.2) is 0 Å². The minimum atomic E-state index is 0.190. The molecule has 108 valence electrons. The van der Waals surface area contributed by atoms with E-state index in [1.807, 2.05) is 12.4 Å². The molecule has 3 rings (SSSR count). The van der Waals surface area contributed by atoms with E-state index in [4.69, 9.17) is 0 Å². The van der Waals surface area contributed by atoms with Gasteiger partial charge in [-0.05, 0) is 30.2 Å². The predicted octanol–water partition coefficient (Wildman–Crippen LogP) is 1.54. The number of amides is 1. The van der Waals surface area contributed by atoms with Crippen LogP contribution >= 0.6 is 0 Å². The van der Waals surface area contributed by atoms with Crippen molar-refractivity contribution in [2.24, 2.45) is 5.41 Å². The normalized spacial score (nSPS) is 21.2. The number of piperidine rings is 1. The van der Waals surface area contributed by atoms with Crippen LogP contribution in [0.3, 0.4) is 0 Å². The quantitative estimate of drug-likeness (QED) is 0.908. The monoisotopic (exact) mass is 274 g/mol. The third-order valence-corrected chi connectivity index (χ3v) is 4.53. The van der Waals surface area contributed by atoms with Gasteiger partial charge in [0.1, 0.15) is 0 Å². The second kappa shape index (κ2) is 5.38. The zero-order valence-electron chi connectivity index (χ0n) is 12.1. The number of carbonyl (C=O) groups is 1. The lowest BCUT2D eigenvalue weighted by Gasteiger charge is -2.38. The molecule has 0 atom stereocenters. The molecule has 5 nitrogen and oxygen atoms in total. The van der Waals surface area contributed by atoms with Crippen LogP contribution in [-0.4, -0.2) is 35.5 Å². The Morgan fingerprint density at radius 2 is 2.00 bits per heavy atom. The number of hydrogen-bond donors (Lipinski definition) is 1. The number of carbonyl (C=O) groups excluding carboxylic acids is 1. The predicted molar refractivity (Wildman–Crippen MR) is 77.5 cm³/mol. The molecule has 1 amide bonds. The van der Waals surface area contributed by atoms with Crippen molar-refractivity contribution in [1.29, 1.82) is 0 Å².